The molecule has 0 N–H and O–H groups in total. The zero-order chi connectivity index (χ0) is 24.9. The molecule has 0 radical (unpaired) electrons. The molecule has 2 aliphatic rings. The van der Waals surface area contributed by atoms with Gasteiger partial charge in [-0.25, -0.2) is 9.80 Å². The molecule has 176 valence electrons. The maximum absolute atomic E-state index is 12.3. The molecule has 4 amide bonds. The molecule has 9 nitrogen and oxygen atoms in total. The second-order valence-corrected chi connectivity index (χ2v) is 7.25. The van der Waals surface area contributed by atoms with E-state index in [-0.39, 0.29) is 47.6 Å². The molecule has 2 heterocycles. The maximum Gasteiger partial charge on any atom is 0.258 e. The zero-order valence-corrected chi connectivity index (χ0v) is 18.5. The van der Waals surface area contributed by atoms with Crippen LogP contribution in [0.3, 0.4) is 0 Å². The SMILES string of the molecule is C=CCOc1ccc(Oc2ccc(OCC=C)c(N3C(=O)C=CC3=O)c2)cc1N1C(=O)C=CC1=O. The first-order valence-corrected chi connectivity index (χ1v) is 10.5. The van der Waals surface area contributed by atoms with Crippen molar-refractivity contribution in [2.75, 3.05) is 23.0 Å². The highest BCUT2D eigenvalue weighted by Gasteiger charge is 2.30. The van der Waals surface area contributed by atoms with Crippen LogP contribution < -0.4 is 24.0 Å². The Bertz CT molecular complexity index is 1170. The van der Waals surface area contributed by atoms with Gasteiger partial charge in [-0.1, -0.05) is 25.3 Å². The number of carbonyl (C=O) groups is 4. The molecular weight excluding hydrogens is 452 g/mol. The molecule has 0 unspecified atom stereocenters. The monoisotopic (exact) mass is 472 g/mol. The molecule has 2 aliphatic heterocycles. The summed E-state index contributed by atoms with van der Waals surface area (Å²) < 4.78 is 17.2. The van der Waals surface area contributed by atoms with Gasteiger partial charge in [0.1, 0.15) is 36.2 Å². The number of hydrogen-bond acceptors (Lipinski definition) is 7. The molecule has 0 fully saturated rings. The van der Waals surface area contributed by atoms with Crippen LogP contribution in [0.1, 0.15) is 0 Å². The number of amides is 4. The van der Waals surface area contributed by atoms with Crippen LogP contribution in [0.2, 0.25) is 0 Å². The van der Waals surface area contributed by atoms with Crippen LogP contribution in [0.25, 0.3) is 0 Å². The van der Waals surface area contributed by atoms with Gasteiger partial charge >= 0.3 is 0 Å². The summed E-state index contributed by atoms with van der Waals surface area (Å²) in [6, 6.07) is 9.28. The highest BCUT2D eigenvalue weighted by molar-refractivity contribution is 6.29. The van der Waals surface area contributed by atoms with Crippen LogP contribution in [0.4, 0.5) is 11.4 Å². The molecular formula is C26H20N2O7. The number of ether oxygens (including phenoxy) is 3. The van der Waals surface area contributed by atoms with Crippen LogP contribution in [0.15, 0.2) is 86.0 Å². The summed E-state index contributed by atoms with van der Waals surface area (Å²) in [4.78, 5) is 51.0. The van der Waals surface area contributed by atoms with Crippen molar-refractivity contribution in [3.05, 3.63) is 86.0 Å². The fourth-order valence-electron chi connectivity index (χ4n) is 3.42. The summed E-state index contributed by atoms with van der Waals surface area (Å²) in [7, 11) is 0. The van der Waals surface area contributed by atoms with Crippen molar-refractivity contribution in [2.45, 2.75) is 0 Å². The Labute approximate surface area is 200 Å². The topological polar surface area (TPSA) is 102 Å². The molecule has 0 aliphatic carbocycles. The molecule has 2 aromatic rings. The van der Waals surface area contributed by atoms with Crippen LogP contribution in [0, 0.1) is 0 Å². The molecule has 0 aromatic heterocycles. The average molecular weight is 472 g/mol. The van der Waals surface area contributed by atoms with E-state index in [0.717, 1.165) is 9.80 Å². The van der Waals surface area contributed by atoms with Crippen LogP contribution >= 0.6 is 0 Å². The Morgan fingerprint density at radius 2 is 1.00 bits per heavy atom. The van der Waals surface area contributed by atoms with Gasteiger partial charge in [0.05, 0.1) is 11.4 Å². The van der Waals surface area contributed by atoms with E-state index in [0.29, 0.717) is 0 Å². The fraction of sp³-hybridized carbons (Fsp3) is 0.0769. The smallest absolute Gasteiger partial charge is 0.258 e. The molecule has 9 heteroatoms. The van der Waals surface area contributed by atoms with E-state index in [9.17, 15) is 19.2 Å². The van der Waals surface area contributed by atoms with E-state index in [1.165, 1.54) is 48.6 Å². The highest BCUT2D eigenvalue weighted by atomic mass is 16.5. The Morgan fingerprint density at radius 1 is 0.629 bits per heavy atom. The van der Waals surface area contributed by atoms with Gasteiger partial charge in [0, 0.05) is 36.4 Å². The van der Waals surface area contributed by atoms with E-state index in [4.69, 9.17) is 14.2 Å². The van der Waals surface area contributed by atoms with E-state index >= 15 is 0 Å². The highest BCUT2D eigenvalue weighted by Crippen LogP contribution is 2.39. The zero-order valence-electron chi connectivity index (χ0n) is 18.5. The molecule has 0 saturated heterocycles. The summed E-state index contributed by atoms with van der Waals surface area (Å²) in [5.74, 6) is -0.921. The number of anilines is 2. The van der Waals surface area contributed by atoms with Crippen LogP contribution in [0.5, 0.6) is 23.0 Å². The second-order valence-electron chi connectivity index (χ2n) is 7.25. The van der Waals surface area contributed by atoms with Gasteiger partial charge in [-0.2, -0.15) is 0 Å². The number of carbonyl (C=O) groups excluding carboxylic acids is 4. The second kappa shape index (κ2) is 9.92. The van der Waals surface area contributed by atoms with Crippen molar-refractivity contribution >= 4 is 35.0 Å². The number of nitrogens with zero attached hydrogens (tertiary/aromatic N) is 2. The van der Waals surface area contributed by atoms with Crippen molar-refractivity contribution in [1.82, 2.24) is 0 Å². The van der Waals surface area contributed by atoms with E-state index < -0.39 is 23.6 Å². The largest absolute Gasteiger partial charge is 0.487 e. The first-order valence-electron chi connectivity index (χ1n) is 10.5. The Kier molecular flexibility index (Phi) is 6.59. The number of benzene rings is 2. The Hall–Kier alpha value is -4.92. The summed E-state index contributed by atoms with van der Waals surface area (Å²) in [5.41, 5.74) is 0.397. The molecule has 0 spiro atoms. The van der Waals surface area contributed by atoms with Crippen molar-refractivity contribution in [3.63, 3.8) is 0 Å². The maximum atomic E-state index is 12.3. The van der Waals surface area contributed by atoms with Crippen molar-refractivity contribution < 1.29 is 33.4 Å². The first-order chi connectivity index (χ1) is 16.9. The fourth-order valence-corrected chi connectivity index (χ4v) is 3.42. The summed E-state index contributed by atoms with van der Waals surface area (Å²) in [6.07, 6.45) is 7.73. The van der Waals surface area contributed by atoms with Crippen LogP contribution in [-0.4, -0.2) is 36.8 Å². The standard InChI is InChI=1S/C26H20N2O7/c1-3-13-33-21-7-5-17(15-19(21)27-23(29)9-10-24(27)30)35-18-6-8-22(34-14-4-2)20(16-18)28-25(31)11-12-26(28)32/h3-12,15-16H,1-2,13-14H2. The Balaban J connectivity index is 1.69. The first kappa shape index (κ1) is 23.2. The molecule has 0 bridgehead atoms. The normalized spacial score (nSPS) is 14.6. The lowest BCUT2D eigenvalue weighted by molar-refractivity contribution is -0.121. The minimum absolute atomic E-state index is 0.165. The lowest BCUT2D eigenvalue weighted by Crippen LogP contribution is -2.30. The third-order valence-electron chi connectivity index (χ3n) is 4.91. The molecule has 35 heavy (non-hydrogen) atoms. The number of imide groups is 2. The van der Waals surface area contributed by atoms with Crippen molar-refractivity contribution in [2.24, 2.45) is 0 Å². The average Bonchev–Trinajstić information content (AvgIpc) is 3.36. The van der Waals surface area contributed by atoms with Gasteiger partial charge in [-0.15, -0.1) is 0 Å². The number of hydrogen-bond donors (Lipinski definition) is 0. The van der Waals surface area contributed by atoms with Crippen molar-refractivity contribution in [3.8, 4) is 23.0 Å². The van der Waals surface area contributed by atoms with E-state index in [1.54, 1.807) is 24.3 Å². The minimum Gasteiger partial charge on any atom is -0.487 e. The molecule has 0 atom stereocenters. The third kappa shape index (κ3) is 4.74. The van der Waals surface area contributed by atoms with Gasteiger partial charge in [-0.05, 0) is 24.3 Å². The van der Waals surface area contributed by atoms with Crippen molar-refractivity contribution in [1.29, 1.82) is 0 Å². The molecule has 2 aromatic carbocycles. The lowest BCUT2D eigenvalue weighted by Gasteiger charge is -2.21. The van der Waals surface area contributed by atoms with E-state index in [1.807, 2.05) is 0 Å². The quantitative estimate of drug-likeness (QED) is 0.385. The van der Waals surface area contributed by atoms with Crippen LogP contribution in [-0.2, 0) is 19.2 Å². The summed E-state index contributed by atoms with van der Waals surface area (Å²) in [6.45, 7) is 7.53. The Morgan fingerprint density at radius 3 is 1.34 bits per heavy atom. The minimum atomic E-state index is -0.514. The summed E-state index contributed by atoms with van der Waals surface area (Å²) in [5, 5.41) is 0. The van der Waals surface area contributed by atoms with Gasteiger partial charge in [-0.3, -0.25) is 19.2 Å². The molecule has 4 rings (SSSR count). The number of rotatable bonds is 10. The van der Waals surface area contributed by atoms with Gasteiger partial charge in [0.25, 0.3) is 23.6 Å². The predicted molar refractivity (Wildman–Crippen MR) is 128 cm³/mol. The summed E-state index contributed by atoms with van der Waals surface area (Å²) >= 11 is 0. The predicted octanol–water partition coefficient (Wildman–Crippen LogP) is 3.47. The van der Waals surface area contributed by atoms with Gasteiger partial charge < -0.3 is 14.2 Å². The van der Waals surface area contributed by atoms with E-state index in [2.05, 4.69) is 13.2 Å². The lowest BCUT2D eigenvalue weighted by atomic mass is 10.2. The van der Waals surface area contributed by atoms with Gasteiger partial charge in [0.2, 0.25) is 0 Å². The molecule has 0 saturated carbocycles. The van der Waals surface area contributed by atoms with Gasteiger partial charge in [0.15, 0.2) is 0 Å². The third-order valence-corrected chi connectivity index (χ3v) is 4.91.